The van der Waals surface area contributed by atoms with Crippen LogP contribution < -0.4 is 5.32 Å². The maximum atomic E-state index is 5.63. The van der Waals surface area contributed by atoms with E-state index in [0.29, 0.717) is 0 Å². The standard InChI is InChI=1S/C17H23NO/c1-4-13-7-8-14(5-2)16(11-13)15-9-10-19-17(15)12-18-6-3/h7-11,18H,4-6,12H2,1-3H3. The number of hydrogen-bond acceptors (Lipinski definition) is 2. The molecule has 1 heterocycles. The van der Waals surface area contributed by atoms with Crippen LogP contribution in [-0.4, -0.2) is 6.54 Å². The summed E-state index contributed by atoms with van der Waals surface area (Å²) < 4.78 is 5.63. The molecule has 0 fully saturated rings. The van der Waals surface area contributed by atoms with Gasteiger partial charge in [0.1, 0.15) is 5.76 Å². The fraction of sp³-hybridized carbons (Fsp3) is 0.412. The van der Waals surface area contributed by atoms with Crippen LogP contribution in [-0.2, 0) is 19.4 Å². The second-order valence-electron chi connectivity index (χ2n) is 4.74. The maximum Gasteiger partial charge on any atom is 0.125 e. The summed E-state index contributed by atoms with van der Waals surface area (Å²) >= 11 is 0. The molecule has 2 rings (SSSR count). The van der Waals surface area contributed by atoms with E-state index in [-0.39, 0.29) is 0 Å². The fourth-order valence-corrected chi connectivity index (χ4v) is 2.36. The van der Waals surface area contributed by atoms with Crippen molar-refractivity contribution in [3.63, 3.8) is 0 Å². The van der Waals surface area contributed by atoms with E-state index in [4.69, 9.17) is 4.42 Å². The summed E-state index contributed by atoms with van der Waals surface area (Å²) in [7, 11) is 0. The molecule has 1 aromatic carbocycles. The molecule has 2 heteroatoms. The van der Waals surface area contributed by atoms with Crippen molar-refractivity contribution in [1.29, 1.82) is 0 Å². The van der Waals surface area contributed by atoms with Gasteiger partial charge < -0.3 is 9.73 Å². The SMILES string of the molecule is CCNCc1occc1-c1cc(CC)ccc1CC. The van der Waals surface area contributed by atoms with Crippen molar-refractivity contribution in [2.45, 2.75) is 40.2 Å². The van der Waals surface area contributed by atoms with Crippen molar-refractivity contribution in [2.24, 2.45) is 0 Å². The minimum Gasteiger partial charge on any atom is -0.467 e. The predicted octanol–water partition coefficient (Wildman–Crippen LogP) is 4.18. The van der Waals surface area contributed by atoms with Crippen molar-refractivity contribution in [2.75, 3.05) is 6.54 Å². The van der Waals surface area contributed by atoms with Crippen LogP contribution in [0.5, 0.6) is 0 Å². The molecular weight excluding hydrogens is 234 g/mol. The van der Waals surface area contributed by atoms with Crippen molar-refractivity contribution >= 4 is 0 Å². The lowest BCUT2D eigenvalue weighted by atomic mass is 9.95. The van der Waals surface area contributed by atoms with Crippen LogP contribution in [0.25, 0.3) is 11.1 Å². The van der Waals surface area contributed by atoms with Crippen LogP contribution in [0.15, 0.2) is 34.9 Å². The van der Waals surface area contributed by atoms with Crippen LogP contribution in [0, 0.1) is 0 Å². The third-order valence-electron chi connectivity index (χ3n) is 3.53. The summed E-state index contributed by atoms with van der Waals surface area (Å²) in [5.41, 5.74) is 5.32. The lowest BCUT2D eigenvalue weighted by Gasteiger charge is -2.10. The Morgan fingerprint density at radius 2 is 1.84 bits per heavy atom. The summed E-state index contributed by atoms with van der Waals surface area (Å²) in [4.78, 5) is 0. The third-order valence-corrected chi connectivity index (χ3v) is 3.53. The summed E-state index contributed by atoms with van der Waals surface area (Å²) in [6.07, 6.45) is 3.91. The highest BCUT2D eigenvalue weighted by Crippen LogP contribution is 2.29. The van der Waals surface area contributed by atoms with Crippen molar-refractivity contribution in [1.82, 2.24) is 5.32 Å². The molecule has 0 atom stereocenters. The molecule has 0 unspecified atom stereocenters. The quantitative estimate of drug-likeness (QED) is 0.839. The number of aryl methyl sites for hydroxylation is 2. The van der Waals surface area contributed by atoms with E-state index >= 15 is 0 Å². The average Bonchev–Trinajstić information content (AvgIpc) is 2.92. The summed E-state index contributed by atoms with van der Waals surface area (Å²) in [6, 6.07) is 8.87. The zero-order chi connectivity index (χ0) is 13.7. The van der Waals surface area contributed by atoms with Gasteiger partial charge in [0.25, 0.3) is 0 Å². The van der Waals surface area contributed by atoms with Crippen molar-refractivity contribution < 1.29 is 4.42 Å². The Bertz CT molecular complexity index is 528. The Morgan fingerprint density at radius 3 is 2.53 bits per heavy atom. The largest absolute Gasteiger partial charge is 0.467 e. The van der Waals surface area contributed by atoms with E-state index in [1.54, 1.807) is 6.26 Å². The molecule has 1 N–H and O–H groups in total. The summed E-state index contributed by atoms with van der Waals surface area (Å²) in [5, 5.41) is 3.33. The average molecular weight is 257 g/mol. The molecule has 0 aliphatic carbocycles. The fourth-order valence-electron chi connectivity index (χ4n) is 2.36. The van der Waals surface area contributed by atoms with Crippen LogP contribution in [0.1, 0.15) is 37.7 Å². The van der Waals surface area contributed by atoms with E-state index in [2.05, 4.69) is 50.4 Å². The zero-order valence-electron chi connectivity index (χ0n) is 12.1. The molecule has 0 bridgehead atoms. The Kier molecular flexibility index (Phi) is 4.80. The minimum atomic E-state index is 0.790. The van der Waals surface area contributed by atoms with Crippen LogP contribution in [0.4, 0.5) is 0 Å². The number of furan rings is 1. The molecular formula is C17H23NO. The molecule has 2 nitrogen and oxygen atoms in total. The number of nitrogens with one attached hydrogen (secondary N) is 1. The molecule has 0 aliphatic heterocycles. The van der Waals surface area contributed by atoms with E-state index in [1.807, 2.05) is 0 Å². The highest BCUT2D eigenvalue weighted by Gasteiger charge is 2.12. The smallest absolute Gasteiger partial charge is 0.125 e. The minimum absolute atomic E-state index is 0.790. The normalized spacial score (nSPS) is 10.9. The third kappa shape index (κ3) is 3.07. The lowest BCUT2D eigenvalue weighted by molar-refractivity contribution is 0.489. The molecule has 1 aromatic heterocycles. The maximum absolute atomic E-state index is 5.63. The first kappa shape index (κ1) is 13.9. The van der Waals surface area contributed by atoms with Crippen molar-refractivity contribution in [3.8, 4) is 11.1 Å². The van der Waals surface area contributed by atoms with E-state index < -0.39 is 0 Å². The van der Waals surface area contributed by atoms with Crippen LogP contribution in [0.2, 0.25) is 0 Å². The van der Waals surface area contributed by atoms with E-state index in [1.165, 1.54) is 22.3 Å². The summed E-state index contributed by atoms with van der Waals surface area (Å²) in [5.74, 6) is 1.03. The summed E-state index contributed by atoms with van der Waals surface area (Å²) in [6.45, 7) is 8.25. The molecule has 0 aliphatic rings. The van der Waals surface area contributed by atoms with Gasteiger partial charge in [-0.3, -0.25) is 0 Å². The molecule has 2 aromatic rings. The van der Waals surface area contributed by atoms with Gasteiger partial charge >= 0.3 is 0 Å². The molecule has 0 amide bonds. The number of benzene rings is 1. The molecule has 102 valence electrons. The van der Waals surface area contributed by atoms with Gasteiger partial charge in [0.2, 0.25) is 0 Å². The van der Waals surface area contributed by atoms with Gasteiger partial charge in [0, 0.05) is 5.56 Å². The van der Waals surface area contributed by atoms with Crippen LogP contribution >= 0.6 is 0 Å². The molecule has 0 saturated carbocycles. The number of hydrogen-bond donors (Lipinski definition) is 1. The first-order valence-electron chi connectivity index (χ1n) is 7.19. The van der Waals surface area contributed by atoms with Gasteiger partial charge in [0.05, 0.1) is 12.8 Å². The van der Waals surface area contributed by atoms with Gasteiger partial charge in [-0.1, -0.05) is 39.0 Å². The Balaban J connectivity index is 2.42. The van der Waals surface area contributed by atoms with Gasteiger partial charge in [-0.15, -0.1) is 0 Å². The van der Waals surface area contributed by atoms with E-state index in [0.717, 1.165) is 31.7 Å². The second-order valence-corrected chi connectivity index (χ2v) is 4.74. The highest BCUT2D eigenvalue weighted by atomic mass is 16.3. The zero-order valence-corrected chi connectivity index (χ0v) is 12.1. The lowest BCUT2D eigenvalue weighted by Crippen LogP contribution is -2.11. The van der Waals surface area contributed by atoms with E-state index in [9.17, 15) is 0 Å². The Labute approximate surface area is 115 Å². The van der Waals surface area contributed by atoms with Crippen molar-refractivity contribution in [3.05, 3.63) is 47.4 Å². The first-order chi connectivity index (χ1) is 9.30. The van der Waals surface area contributed by atoms with Gasteiger partial charge in [-0.25, -0.2) is 0 Å². The molecule has 0 spiro atoms. The topological polar surface area (TPSA) is 25.2 Å². The Morgan fingerprint density at radius 1 is 1.00 bits per heavy atom. The molecule has 19 heavy (non-hydrogen) atoms. The highest BCUT2D eigenvalue weighted by molar-refractivity contribution is 5.70. The second kappa shape index (κ2) is 6.58. The number of rotatable bonds is 6. The molecule has 0 radical (unpaired) electrons. The van der Waals surface area contributed by atoms with Gasteiger partial charge in [0.15, 0.2) is 0 Å². The predicted molar refractivity (Wildman–Crippen MR) is 80.3 cm³/mol. The molecule has 0 saturated heterocycles. The monoisotopic (exact) mass is 257 g/mol. The van der Waals surface area contributed by atoms with Gasteiger partial charge in [-0.2, -0.15) is 0 Å². The Hall–Kier alpha value is -1.54. The van der Waals surface area contributed by atoms with Crippen LogP contribution in [0.3, 0.4) is 0 Å². The van der Waals surface area contributed by atoms with Gasteiger partial charge in [-0.05, 0) is 42.1 Å². The first-order valence-corrected chi connectivity index (χ1v) is 7.19.